The predicted molar refractivity (Wildman–Crippen MR) is 120 cm³/mol. The van der Waals surface area contributed by atoms with Gasteiger partial charge in [-0.15, -0.1) is 0 Å². The molecule has 1 heterocycles. The molecular weight excluding hydrogens is 376 g/mol. The third-order valence-electron chi connectivity index (χ3n) is 5.36. The summed E-state index contributed by atoms with van der Waals surface area (Å²) in [4.78, 5) is 27.8. The molecule has 2 aromatic carbocycles. The lowest BCUT2D eigenvalue weighted by molar-refractivity contribution is -0.137. The number of carbonyl (C=O) groups excluding carboxylic acids is 2. The molecule has 0 saturated carbocycles. The highest BCUT2D eigenvalue weighted by atomic mass is 16.5. The van der Waals surface area contributed by atoms with Gasteiger partial charge in [0, 0.05) is 5.69 Å². The number of hydrogen-bond donors (Lipinski definition) is 1. The minimum absolute atomic E-state index is 0.0395. The van der Waals surface area contributed by atoms with Crippen molar-refractivity contribution in [1.82, 2.24) is 4.90 Å². The van der Waals surface area contributed by atoms with Crippen LogP contribution < -0.4 is 5.32 Å². The molecule has 2 aromatic rings. The molecule has 0 fully saturated rings. The number of hydrogen-bond acceptors (Lipinski definition) is 4. The topological polar surface area (TPSA) is 58.6 Å². The van der Waals surface area contributed by atoms with Crippen molar-refractivity contribution in [2.75, 3.05) is 18.5 Å². The molecule has 1 N–H and O–H groups in total. The summed E-state index contributed by atoms with van der Waals surface area (Å²) < 4.78 is 5.58. The number of carbonyl (C=O) groups is 2. The predicted octanol–water partition coefficient (Wildman–Crippen LogP) is 4.54. The average Bonchev–Trinajstić information content (AvgIpc) is 2.89. The molecule has 0 spiro atoms. The van der Waals surface area contributed by atoms with Crippen molar-refractivity contribution in [3.05, 3.63) is 69.9 Å². The van der Waals surface area contributed by atoms with Crippen LogP contribution in [0.15, 0.2) is 42.1 Å². The molecule has 0 aromatic heterocycles. The molecule has 3 rings (SSSR count). The van der Waals surface area contributed by atoms with E-state index in [1.807, 2.05) is 77.9 Å². The van der Waals surface area contributed by atoms with E-state index in [1.54, 1.807) is 0 Å². The van der Waals surface area contributed by atoms with Crippen LogP contribution in [0.2, 0.25) is 0 Å². The zero-order chi connectivity index (χ0) is 22.0. The number of nitrogens with zero attached hydrogens (tertiary/aromatic N) is 1. The summed E-state index contributed by atoms with van der Waals surface area (Å²) in [6, 6.07) is 11.8. The molecule has 1 aliphatic heterocycles. The Morgan fingerprint density at radius 2 is 1.63 bits per heavy atom. The maximum absolute atomic E-state index is 13.3. The van der Waals surface area contributed by atoms with Crippen LogP contribution >= 0.6 is 0 Å². The van der Waals surface area contributed by atoms with Gasteiger partial charge < -0.3 is 10.1 Å². The van der Waals surface area contributed by atoms with Gasteiger partial charge in [0.05, 0.1) is 24.8 Å². The van der Waals surface area contributed by atoms with Crippen LogP contribution in [-0.2, 0) is 14.3 Å². The number of benzene rings is 2. The highest BCUT2D eigenvalue weighted by Gasteiger charge is 2.39. The number of aryl methyl sites for hydroxylation is 4. The number of nitrogens with one attached hydrogen (secondary N) is 1. The fourth-order valence-corrected chi connectivity index (χ4v) is 3.58. The summed E-state index contributed by atoms with van der Waals surface area (Å²) in [5.74, 6) is -0.605. The number of ether oxygens (including phenoxy) is 1. The average molecular weight is 407 g/mol. The first kappa shape index (κ1) is 21.8. The van der Waals surface area contributed by atoms with E-state index >= 15 is 0 Å². The summed E-state index contributed by atoms with van der Waals surface area (Å²) in [5, 5.41) is 3.24. The minimum Gasteiger partial charge on any atom is -0.377 e. The minimum atomic E-state index is -0.319. The Hall–Kier alpha value is -2.92. The molecule has 1 aliphatic rings. The van der Waals surface area contributed by atoms with Crippen molar-refractivity contribution in [2.24, 2.45) is 0 Å². The summed E-state index contributed by atoms with van der Waals surface area (Å²) in [6.45, 7) is 12.4. The fourth-order valence-electron chi connectivity index (χ4n) is 3.58. The molecule has 30 heavy (non-hydrogen) atoms. The van der Waals surface area contributed by atoms with Crippen LogP contribution in [-0.4, -0.2) is 36.0 Å². The van der Waals surface area contributed by atoms with Gasteiger partial charge in [-0.1, -0.05) is 29.8 Å². The Kier molecular flexibility index (Phi) is 6.42. The SMILES string of the molecule is Cc1ccc(C2=C(Nc3ccc(C)c(C)c3)C(=O)N(CCOC(C)C)C2=O)c(C)c1. The van der Waals surface area contributed by atoms with E-state index in [0.717, 1.165) is 27.9 Å². The smallest absolute Gasteiger partial charge is 0.278 e. The van der Waals surface area contributed by atoms with E-state index in [2.05, 4.69) is 5.32 Å². The second-order valence-corrected chi connectivity index (χ2v) is 8.17. The van der Waals surface area contributed by atoms with Crippen LogP contribution in [0.4, 0.5) is 5.69 Å². The van der Waals surface area contributed by atoms with Gasteiger partial charge >= 0.3 is 0 Å². The van der Waals surface area contributed by atoms with Crippen LogP contribution in [0, 0.1) is 27.7 Å². The Balaban J connectivity index is 2.02. The Bertz CT molecular complexity index is 1020. The summed E-state index contributed by atoms with van der Waals surface area (Å²) in [7, 11) is 0. The van der Waals surface area contributed by atoms with E-state index in [4.69, 9.17) is 4.74 Å². The van der Waals surface area contributed by atoms with Crippen LogP contribution in [0.3, 0.4) is 0 Å². The molecular formula is C25H30N2O3. The first-order valence-electron chi connectivity index (χ1n) is 10.3. The van der Waals surface area contributed by atoms with Gasteiger partial charge in [-0.25, -0.2) is 0 Å². The van der Waals surface area contributed by atoms with E-state index in [9.17, 15) is 9.59 Å². The van der Waals surface area contributed by atoms with Crippen molar-refractivity contribution in [2.45, 2.75) is 47.6 Å². The number of anilines is 1. The first-order chi connectivity index (χ1) is 14.2. The van der Waals surface area contributed by atoms with E-state index in [1.165, 1.54) is 10.5 Å². The number of rotatable bonds is 7. The van der Waals surface area contributed by atoms with E-state index in [-0.39, 0.29) is 24.5 Å². The van der Waals surface area contributed by atoms with Gasteiger partial charge in [0.25, 0.3) is 11.8 Å². The molecule has 0 aliphatic carbocycles. The summed E-state index contributed by atoms with van der Waals surface area (Å²) >= 11 is 0. The highest BCUT2D eigenvalue weighted by molar-refractivity contribution is 6.36. The Morgan fingerprint density at radius 3 is 2.27 bits per heavy atom. The molecule has 0 radical (unpaired) electrons. The van der Waals surface area contributed by atoms with Crippen molar-refractivity contribution in [3.8, 4) is 0 Å². The quantitative estimate of drug-likeness (QED) is 0.686. The standard InChI is InChI=1S/C25H30N2O3/c1-15(2)30-12-11-27-24(28)22(21-10-7-16(3)13-19(21)6)23(25(27)29)26-20-9-8-17(4)18(5)14-20/h7-10,13-15,26H,11-12H2,1-6H3. The van der Waals surface area contributed by atoms with E-state index in [0.29, 0.717) is 17.9 Å². The molecule has 5 nitrogen and oxygen atoms in total. The van der Waals surface area contributed by atoms with Crippen molar-refractivity contribution >= 4 is 23.1 Å². The third kappa shape index (κ3) is 4.46. The molecule has 2 amide bonds. The maximum Gasteiger partial charge on any atom is 0.278 e. The monoisotopic (exact) mass is 406 g/mol. The van der Waals surface area contributed by atoms with Crippen LogP contribution in [0.1, 0.15) is 41.7 Å². The van der Waals surface area contributed by atoms with E-state index < -0.39 is 0 Å². The summed E-state index contributed by atoms with van der Waals surface area (Å²) in [6.07, 6.45) is 0.0395. The zero-order valence-corrected chi connectivity index (χ0v) is 18.6. The second kappa shape index (κ2) is 8.84. The van der Waals surface area contributed by atoms with Crippen molar-refractivity contribution in [3.63, 3.8) is 0 Å². The van der Waals surface area contributed by atoms with Gasteiger partial charge in [0.1, 0.15) is 5.70 Å². The molecule has 158 valence electrons. The number of imide groups is 1. The van der Waals surface area contributed by atoms with Crippen LogP contribution in [0.25, 0.3) is 5.57 Å². The lowest BCUT2D eigenvalue weighted by atomic mass is 9.97. The Labute approximate surface area is 178 Å². The first-order valence-corrected chi connectivity index (χ1v) is 10.3. The van der Waals surface area contributed by atoms with Crippen LogP contribution in [0.5, 0.6) is 0 Å². The Morgan fingerprint density at radius 1 is 0.900 bits per heavy atom. The van der Waals surface area contributed by atoms with Gasteiger partial charge in [-0.05, 0) is 75.9 Å². The van der Waals surface area contributed by atoms with Gasteiger partial charge in [0.15, 0.2) is 0 Å². The molecule has 0 bridgehead atoms. The van der Waals surface area contributed by atoms with Crippen molar-refractivity contribution in [1.29, 1.82) is 0 Å². The molecule has 0 unspecified atom stereocenters. The largest absolute Gasteiger partial charge is 0.377 e. The molecule has 0 saturated heterocycles. The van der Waals surface area contributed by atoms with Gasteiger partial charge in [-0.3, -0.25) is 14.5 Å². The normalized spacial score (nSPS) is 14.3. The van der Waals surface area contributed by atoms with Gasteiger partial charge in [-0.2, -0.15) is 0 Å². The van der Waals surface area contributed by atoms with Crippen molar-refractivity contribution < 1.29 is 14.3 Å². The maximum atomic E-state index is 13.3. The third-order valence-corrected chi connectivity index (χ3v) is 5.36. The summed E-state index contributed by atoms with van der Waals surface area (Å²) in [5.41, 5.74) is 6.66. The molecule has 0 atom stereocenters. The lowest BCUT2D eigenvalue weighted by Crippen LogP contribution is -2.35. The highest BCUT2D eigenvalue weighted by Crippen LogP contribution is 2.32. The zero-order valence-electron chi connectivity index (χ0n) is 18.6. The van der Waals surface area contributed by atoms with Gasteiger partial charge in [0.2, 0.25) is 0 Å². The second-order valence-electron chi connectivity index (χ2n) is 8.17. The number of amides is 2. The molecule has 5 heteroatoms. The lowest BCUT2D eigenvalue weighted by Gasteiger charge is -2.16. The fraction of sp³-hybridized carbons (Fsp3) is 0.360.